The summed E-state index contributed by atoms with van der Waals surface area (Å²) in [5, 5.41) is 16.8. The number of unbranched alkanes of at least 4 members (excludes halogenated alkanes) is 1. The molecule has 3 amide bonds. The zero-order chi connectivity index (χ0) is 25.4. The maximum absolute atomic E-state index is 12.8. The summed E-state index contributed by atoms with van der Waals surface area (Å²) in [6.07, 6.45) is 1.85. The van der Waals surface area contributed by atoms with Gasteiger partial charge in [0, 0.05) is 18.1 Å². The predicted molar refractivity (Wildman–Crippen MR) is 132 cm³/mol. The van der Waals surface area contributed by atoms with E-state index in [0.717, 1.165) is 0 Å². The average molecular weight is 509 g/mol. The molecule has 0 heterocycles. The maximum atomic E-state index is 12.8. The third kappa shape index (κ3) is 13.2. The molecule has 0 aromatic carbocycles. The van der Waals surface area contributed by atoms with Crippen LogP contribution in [0.2, 0.25) is 0 Å². The number of guanidine groups is 1. The number of amides is 3. The highest BCUT2D eigenvalue weighted by Crippen LogP contribution is 2.04. The van der Waals surface area contributed by atoms with E-state index in [1.54, 1.807) is 0 Å². The van der Waals surface area contributed by atoms with Gasteiger partial charge in [-0.2, -0.15) is 25.3 Å². The Morgan fingerprint density at radius 2 is 1.36 bits per heavy atom. The second kappa shape index (κ2) is 17.3. The lowest BCUT2D eigenvalue weighted by Gasteiger charge is -2.24. The lowest BCUT2D eigenvalue weighted by molar-refractivity contribution is -0.142. The fourth-order valence-corrected chi connectivity index (χ4v) is 3.05. The topological polar surface area (TPSA) is 241 Å². The molecule has 0 saturated carbocycles. The molecular weight excluding hydrogens is 472 g/mol. The number of thiol groups is 2. The molecule has 15 heteroatoms. The molecule has 0 aliphatic heterocycles. The first-order valence-electron chi connectivity index (χ1n) is 10.4. The molecule has 4 unspecified atom stereocenters. The van der Waals surface area contributed by atoms with Crippen molar-refractivity contribution in [2.75, 3.05) is 24.6 Å². The highest BCUT2D eigenvalue weighted by molar-refractivity contribution is 7.80. The Bertz CT molecular complexity index is 678. The molecule has 33 heavy (non-hydrogen) atoms. The van der Waals surface area contributed by atoms with Crippen molar-refractivity contribution < 1.29 is 24.3 Å². The Morgan fingerprint density at radius 3 is 1.88 bits per heavy atom. The molecule has 0 aliphatic carbocycles. The molecule has 0 aromatic rings. The molecule has 0 aromatic heterocycles. The van der Waals surface area contributed by atoms with Crippen LogP contribution in [0.3, 0.4) is 0 Å². The van der Waals surface area contributed by atoms with Crippen LogP contribution >= 0.6 is 25.3 Å². The van der Waals surface area contributed by atoms with Gasteiger partial charge in [0.05, 0.1) is 6.04 Å². The molecule has 13 nitrogen and oxygen atoms in total. The standard InChI is InChI=1S/C18H36N8O5S2/c19-6-2-1-4-11(24-14(27)10(20)8-32)15(28)26-13(9-33)16(29)25-12(17(30)31)5-3-7-23-18(21)22/h10-13,32-33H,1-9,19-20H2,(H,24,27)(H,25,29)(H,26,28)(H,30,31)(H4,21,22,23). The monoisotopic (exact) mass is 508 g/mol. The summed E-state index contributed by atoms with van der Waals surface area (Å²) in [6, 6.07) is -4.20. The highest BCUT2D eigenvalue weighted by Gasteiger charge is 2.29. The van der Waals surface area contributed by atoms with E-state index in [4.69, 9.17) is 22.9 Å². The number of nitrogens with zero attached hydrogens (tertiary/aromatic N) is 1. The highest BCUT2D eigenvalue weighted by atomic mass is 32.1. The molecular formula is C18H36N8O5S2. The van der Waals surface area contributed by atoms with Crippen LogP contribution < -0.4 is 38.9 Å². The van der Waals surface area contributed by atoms with Gasteiger partial charge < -0.3 is 44.0 Å². The Hall–Kier alpha value is -2.23. The molecule has 0 rings (SSSR count). The maximum Gasteiger partial charge on any atom is 0.326 e. The van der Waals surface area contributed by atoms with E-state index < -0.39 is 47.9 Å². The van der Waals surface area contributed by atoms with Gasteiger partial charge in [0.2, 0.25) is 17.7 Å². The van der Waals surface area contributed by atoms with Crippen LogP contribution in [0.5, 0.6) is 0 Å². The lowest BCUT2D eigenvalue weighted by atomic mass is 10.1. The van der Waals surface area contributed by atoms with Crippen molar-refractivity contribution in [2.24, 2.45) is 27.9 Å². The third-order valence-corrected chi connectivity index (χ3v) is 5.25. The number of rotatable bonds is 17. The number of nitrogens with one attached hydrogen (secondary N) is 3. The molecule has 0 saturated heterocycles. The number of nitrogens with two attached hydrogens (primary N) is 4. The van der Waals surface area contributed by atoms with Gasteiger partial charge in [-0.25, -0.2) is 4.79 Å². The Kier molecular flexibility index (Phi) is 16.1. The molecule has 4 atom stereocenters. The summed E-state index contributed by atoms with van der Waals surface area (Å²) in [5.74, 6) is -3.29. The normalized spacial score (nSPS) is 14.3. The van der Waals surface area contributed by atoms with E-state index >= 15 is 0 Å². The molecule has 0 fully saturated rings. The van der Waals surface area contributed by atoms with Gasteiger partial charge in [-0.15, -0.1) is 0 Å². The molecule has 12 N–H and O–H groups in total. The average Bonchev–Trinajstić information content (AvgIpc) is 2.77. The minimum atomic E-state index is -1.25. The summed E-state index contributed by atoms with van der Waals surface area (Å²) in [7, 11) is 0. The number of aliphatic imine (C=N–C) groups is 1. The fraction of sp³-hybridized carbons (Fsp3) is 0.722. The number of hydrogen-bond donors (Lipinski definition) is 10. The first kappa shape index (κ1) is 30.8. The SMILES string of the molecule is NCCCCC(NC(=O)C(N)CS)C(=O)NC(CS)C(=O)NC(CCCN=C(N)N)C(=O)O. The van der Waals surface area contributed by atoms with Crippen molar-refractivity contribution in [3.05, 3.63) is 0 Å². The van der Waals surface area contributed by atoms with Gasteiger partial charge in [-0.1, -0.05) is 0 Å². The summed E-state index contributed by atoms with van der Waals surface area (Å²) < 4.78 is 0. The number of aliphatic carboxylic acids is 1. The molecule has 0 bridgehead atoms. The van der Waals surface area contributed by atoms with Crippen LogP contribution in [-0.2, 0) is 19.2 Å². The van der Waals surface area contributed by atoms with Crippen molar-refractivity contribution in [2.45, 2.75) is 56.3 Å². The van der Waals surface area contributed by atoms with Gasteiger partial charge in [0.1, 0.15) is 18.1 Å². The molecule has 0 spiro atoms. The minimum Gasteiger partial charge on any atom is -0.480 e. The number of carboxylic acid groups (broad SMARTS) is 1. The zero-order valence-corrected chi connectivity index (χ0v) is 20.2. The van der Waals surface area contributed by atoms with E-state index in [9.17, 15) is 24.3 Å². The van der Waals surface area contributed by atoms with Crippen LogP contribution in [0.15, 0.2) is 4.99 Å². The summed E-state index contributed by atoms with van der Waals surface area (Å²) in [5.41, 5.74) is 21.6. The van der Waals surface area contributed by atoms with Crippen LogP contribution in [-0.4, -0.2) is 83.5 Å². The van der Waals surface area contributed by atoms with Gasteiger partial charge in [-0.05, 0) is 38.6 Å². The fourth-order valence-electron chi connectivity index (χ4n) is 2.62. The van der Waals surface area contributed by atoms with Crippen molar-refractivity contribution in [1.29, 1.82) is 0 Å². The molecule has 190 valence electrons. The zero-order valence-electron chi connectivity index (χ0n) is 18.4. The van der Waals surface area contributed by atoms with Crippen LogP contribution in [0.25, 0.3) is 0 Å². The van der Waals surface area contributed by atoms with Gasteiger partial charge in [0.25, 0.3) is 0 Å². The Labute approximate surface area is 204 Å². The van der Waals surface area contributed by atoms with Gasteiger partial charge >= 0.3 is 5.97 Å². The number of carboxylic acids is 1. The number of carbonyl (C=O) groups is 4. The summed E-state index contributed by atoms with van der Waals surface area (Å²) in [4.78, 5) is 52.7. The largest absolute Gasteiger partial charge is 0.480 e. The van der Waals surface area contributed by atoms with Crippen molar-refractivity contribution >= 4 is 54.9 Å². The van der Waals surface area contributed by atoms with Crippen LogP contribution in [0.4, 0.5) is 0 Å². The van der Waals surface area contributed by atoms with E-state index in [2.05, 4.69) is 46.2 Å². The summed E-state index contributed by atoms with van der Waals surface area (Å²) >= 11 is 8.05. The second-order valence-electron chi connectivity index (χ2n) is 7.23. The van der Waals surface area contributed by atoms with E-state index in [1.165, 1.54) is 0 Å². The van der Waals surface area contributed by atoms with Crippen LogP contribution in [0, 0.1) is 0 Å². The third-order valence-electron chi connectivity index (χ3n) is 4.49. The van der Waals surface area contributed by atoms with Gasteiger partial charge in [-0.3, -0.25) is 19.4 Å². The first-order valence-corrected chi connectivity index (χ1v) is 11.7. The van der Waals surface area contributed by atoms with E-state index in [0.29, 0.717) is 25.8 Å². The Balaban J connectivity index is 5.13. The summed E-state index contributed by atoms with van der Waals surface area (Å²) in [6.45, 7) is 0.618. The van der Waals surface area contributed by atoms with E-state index in [-0.39, 0.29) is 36.9 Å². The smallest absolute Gasteiger partial charge is 0.326 e. The first-order chi connectivity index (χ1) is 15.6. The quantitative estimate of drug-likeness (QED) is 0.0413. The minimum absolute atomic E-state index is 0.0739. The Morgan fingerprint density at radius 1 is 0.818 bits per heavy atom. The number of carbonyl (C=O) groups excluding carboxylic acids is 3. The van der Waals surface area contributed by atoms with Gasteiger partial charge in [0.15, 0.2) is 5.96 Å². The van der Waals surface area contributed by atoms with Crippen LogP contribution in [0.1, 0.15) is 32.1 Å². The van der Waals surface area contributed by atoms with Crippen molar-refractivity contribution in [3.8, 4) is 0 Å². The number of hydrogen-bond acceptors (Lipinski definition) is 9. The van der Waals surface area contributed by atoms with Crippen molar-refractivity contribution in [1.82, 2.24) is 16.0 Å². The molecule has 0 radical (unpaired) electrons. The van der Waals surface area contributed by atoms with Crippen molar-refractivity contribution in [3.63, 3.8) is 0 Å². The predicted octanol–water partition coefficient (Wildman–Crippen LogP) is -3.11. The molecule has 0 aliphatic rings. The van der Waals surface area contributed by atoms with E-state index in [1.807, 2.05) is 0 Å². The lowest BCUT2D eigenvalue weighted by Crippen LogP contribution is -2.57. The second-order valence-corrected chi connectivity index (χ2v) is 7.96.